The van der Waals surface area contributed by atoms with Gasteiger partial charge in [-0.15, -0.1) is 0 Å². The van der Waals surface area contributed by atoms with Crippen molar-refractivity contribution in [3.05, 3.63) is 30.3 Å². The van der Waals surface area contributed by atoms with Gasteiger partial charge < -0.3 is 10.1 Å². The summed E-state index contributed by atoms with van der Waals surface area (Å²) in [6.07, 6.45) is 3.38. The van der Waals surface area contributed by atoms with Gasteiger partial charge in [0.05, 0.1) is 12.8 Å². The maximum absolute atomic E-state index is 12.2. The average Bonchev–Trinajstić information content (AvgIpc) is 2.51. The van der Waals surface area contributed by atoms with Crippen LogP contribution in [-0.2, 0) is 14.8 Å². The second-order valence-electron chi connectivity index (χ2n) is 5.34. The predicted molar refractivity (Wildman–Crippen MR) is 84.1 cm³/mol. The molecule has 1 atom stereocenters. The van der Waals surface area contributed by atoms with E-state index >= 15 is 0 Å². The molecule has 6 nitrogen and oxygen atoms in total. The molecule has 7 heteroatoms. The van der Waals surface area contributed by atoms with Gasteiger partial charge in [0.1, 0.15) is 18.4 Å². The highest BCUT2D eigenvalue weighted by Crippen LogP contribution is 2.19. The molecule has 0 unspecified atom stereocenters. The van der Waals surface area contributed by atoms with Crippen LogP contribution in [0.1, 0.15) is 19.3 Å². The van der Waals surface area contributed by atoms with Crippen molar-refractivity contribution < 1.29 is 17.9 Å². The lowest BCUT2D eigenvalue weighted by Gasteiger charge is -2.32. The number of nitrogens with zero attached hydrogens (tertiary/aromatic N) is 1. The number of piperidine rings is 1. The number of carbonyl (C=O) groups excluding carboxylic acids is 1. The minimum absolute atomic E-state index is 0.248. The van der Waals surface area contributed by atoms with Crippen molar-refractivity contribution in [2.24, 2.45) is 0 Å². The average molecular weight is 326 g/mol. The first-order valence-corrected chi connectivity index (χ1v) is 9.25. The van der Waals surface area contributed by atoms with E-state index in [1.165, 1.54) is 4.31 Å². The molecule has 2 rings (SSSR count). The Morgan fingerprint density at radius 1 is 1.32 bits per heavy atom. The molecular weight excluding hydrogens is 304 g/mol. The van der Waals surface area contributed by atoms with E-state index in [1.807, 2.05) is 30.3 Å². The molecule has 0 aromatic heterocycles. The smallest absolute Gasteiger partial charge is 0.238 e. The van der Waals surface area contributed by atoms with E-state index in [0.29, 0.717) is 26.1 Å². The lowest BCUT2D eigenvalue weighted by molar-refractivity contribution is -0.125. The molecule has 1 aromatic carbocycles. The molecule has 1 heterocycles. The second kappa shape index (κ2) is 7.60. The van der Waals surface area contributed by atoms with Crippen LogP contribution in [0.25, 0.3) is 0 Å². The fourth-order valence-electron chi connectivity index (χ4n) is 2.54. The standard InChI is InChI=1S/C15H22N2O4S/c1-22(19,20)17-11-6-5-9-14(17)15(18)16-10-12-21-13-7-3-2-4-8-13/h2-4,7-8,14H,5-6,9-12H2,1H3,(H,16,18)/t14-/m1/s1. The third-order valence-corrected chi connectivity index (χ3v) is 4.88. The molecule has 0 bridgehead atoms. The second-order valence-corrected chi connectivity index (χ2v) is 7.27. The van der Waals surface area contributed by atoms with Gasteiger partial charge in [0.15, 0.2) is 0 Å². The molecule has 1 aromatic rings. The monoisotopic (exact) mass is 326 g/mol. The Morgan fingerprint density at radius 2 is 2.05 bits per heavy atom. The van der Waals surface area contributed by atoms with Crippen molar-refractivity contribution in [1.29, 1.82) is 0 Å². The summed E-state index contributed by atoms with van der Waals surface area (Å²) in [5.41, 5.74) is 0. The Labute approximate surface area is 131 Å². The number of benzene rings is 1. The summed E-state index contributed by atoms with van der Waals surface area (Å²) in [5, 5.41) is 2.75. The van der Waals surface area contributed by atoms with E-state index in [2.05, 4.69) is 5.32 Å². The van der Waals surface area contributed by atoms with E-state index in [-0.39, 0.29) is 5.91 Å². The van der Waals surface area contributed by atoms with Gasteiger partial charge in [0, 0.05) is 6.54 Å². The van der Waals surface area contributed by atoms with Crippen LogP contribution in [0.15, 0.2) is 30.3 Å². The van der Waals surface area contributed by atoms with Crippen LogP contribution in [0.3, 0.4) is 0 Å². The zero-order valence-corrected chi connectivity index (χ0v) is 13.5. The lowest BCUT2D eigenvalue weighted by atomic mass is 10.0. The Hall–Kier alpha value is -1.60. The zero-order valence-electron chi connectivity index (χ0n) is 12.7. The van der Waals surface area contributed by atoms with E-state index in [0.717, 1.165) is 24.8 Å². The van der Waals surface area contributed by atoms with Crippen LogP contribution in [-0.4, -0.2) is 50.6 Å². The fraction of sp³-hybridized carbons (Fsp3) is 0.533. The van der Waals surface area contributed by atoms with E-state index in [4.69, 9.17) is 4.74 Å². The van der Waals surface area contributed by atoms with Crippen LogP contribution in [0.5, 0.6) is 5.75 Å². The third kappa shape index (κ3) is 4.71. The van der Waals surface area contributed by atoms with Crippen LogP contribution >= 0.6 is 0 Å². The van der Waals surface area contributed by atoms with Gasteiger partial charge in [-0.05, 0) is 25.0 Å². The molecule has 122 valence electrons. The molecule has 22 heavy (non-hydrogen) atoms. The van der Waals surface area contributed by atoms with E-state index in [9.17, 15) is 13.2 Å². The number of nitrogens with one attached hydrogen (secondary N) is 1. The Morgan fingerprint density at radius 3 is 2.73 bits per heavy atom. The topological polar surface area (TPSA) is 75.7 Å². The molecule has 1 fully saturated rings. The number of hydrogen-bond donors (Lipinski definition) is 1. The summed E-state index contributed by atoms with van der Waals surface area (Å²) in [4.78, 5) is 12.2. The normalized spacial score (nSPS) is 19.6. The number of para-hydroxylation sites is 1. The van der Waals surface area contributed by atoms with Gasteiger partial charge in [-0.3, -0.25) is 4.79 Å². The van der Waals surface area contributed by atoms with Gasteiger partial charge in [-0.25, -0.2) is 8.42 Å². The van der Waals surface area contributed by atoms with Gasteiger partial charge in [0.25, 0.3) is 0 Å². The summed E-state index contributed by atoms with van der Waals surface area (Å²) in [5.74, 6) is 0.494. The highest BCUT2D eigenvalue weighted by molar-refractivity contribution is 7.88. The van der Waals surface area contributed by atoms with Crippen molar-refractivity contribution in [2.45, 2.75) is 25.3 Å². The molecule has 0 saturated carbocycles. The highest BCUT2D eigenvalue weighted by Gasteiger charge is 2.34. The number of hydrogen-bond acceptors (Lipinski definition) is 4. The van der Waals surface area contributed by atoms with Crippen molar-refractivity contribution in [2.75, 3.05) is 26.0 Å². The zero-order chi connectivity index (χ0) is 16.0. The maximum Gasteiger partial charge on any atom is 0.238 e. The summed E-state index contributed by atoms with van der Waals surface area (Å²) in [6, 6.07) is 8.74. The number of ether oxygens (including phenoxy) is 1. The molecule has 0 spiro atoms. The Kier molecular flexibility index (Phi) is 5.79. The number of carbonyl (C=O) groups is 1. The molecular formula is C15H22N2O4S. The molecule has 0 aliphatic carbocycles. The van der Waals surface area contributed by atoms with E-state index in [1.54, 1.807) is 0 Å². The minimum atomic E-state index is -3.35. The van der Waals surface area contributed by atoms with Crippen molar-refractivity contribution in [3.63, 3.8) is 0 Å². The Bertz CT molecular complexity index is 589. The van der Waals surface area contributed by atoms with Crippen LogP contribution in [0.4, 0.5) is 0 Å². The SMILES string of the molecule is CS(=O)(=O)N1CCCC[C@@H]1C(=O)NCCOc1ccccc1. The van der Waals surface area contributed by atoms with Gasteiger partial charge in [-0.1, -0.05) is 24.6 Å². The number of sulfonamides is 1. The largest absolute Gasteiger partial charge is 0.492 e. The summed E-state index contributed by atoms with van der Waals surface area (Å²) in [7, 11) is -3.35. The summed E-state index contributed by atoms with van der Waals surface area (Å²) >= 11 is 0. The predicted octanol–water partition coefficient (Wildman–Crippen LogP) is 0.996. The van der Waals surface area contributed by atoms with Gasteiger partial charge in [-0.2, -0.15) is 4.31 Å². The highest BCUT2D eigenvalue weighted by atomic mass is 32.2. The van der Waals surface area contributed by atoms with Crippen LogP contribution < -0.4 is 10.1 Å². The quantitative estimate of drug-likeness (QED) is 0.791. The molecule has 1 saturated heterocycles. The molecule has 1 aliphatic heterocycles. The van der Waals surface area contributed by atoms with Crippen molar-refractivity contribution >= 4 is 15.9 Å². The number of rotatable bonds is 6. The van der Waals surface area contributed by atoms with Crippen LogP contribution in [0.2, 0.25) is 0 Å². The Balaban J connectivity index is 1.80. The van der Waals surface area contributed by atoms with E-state index < -0.39 is 16.1 Å². The molecule has 1 N–H and O–H groups in total. The maximum atomic E-state index is 12.2. The first-order valence-electron chi connectivity index (χ1n) is 7.41. The van der Waals surface area contributed by atoms with Gasteiger partial charge >= 0.3 is 0 Å². The summed E-state index contributed by atoms with van der Waals surface area (Å²) < 4.78 is 30.3. The van der Waals surface area contributed by atoms with Crippen LogP contribution in [0, 0.1) is 0 Å². The summed E-state index contributed by atoms with van der Waals surface area (Å²) in [6.45, 7) is 1.11. The first kappa shape index (κ1) is 16.8. The molecule has 0 radical (unpaired) electrons. The molecule has 1 aliphatic rings. The number of amides is 1. The van der Waals surface area contributed by atoms with Crippen molar-refractivity contribution in [1.82, 2.24) is 9.62 Å². The minimum Gasteiger partial charge on any atom is -0.492 e. The van der Waals surface area contributed by atoms with Gasteiger partial charge in [0.2, 0.25) is 15.9 Å². The first-order chi connectivity index (χ1) is 10.5. The third-order valence-electron chi connectivity index (χ3n) is 3.60. The fourth-order valence-corrected chi connectivity index (χ4v) is 3.67. The molecule has 1 amide bonds. The van der Waals surface area contributed by atoms with Crippen molar-refractivity contribution in [3.8, 4) is 5.75 Å². The lowest BCUT2D eigenvalue weighted by Crippen LogP contribution is -2.52.